The van der Waals surface area contributed by atoms with E-state index < -0.39 is 17.5 Å². The van der Waals surface area contributed by atoms with Crippen LogP contribution in [0.5, 0.6) is 11.5 Å². The molecule has 0 radical (unpaired) electrons. The molecule has 28 heavy (non-hydrogen) atoms. The minimum absolute atomic E-state index is 0.103. The van der Waals surface area contributed by atoms with Gasteiger partial charge in [-0.2, -0.15) is 4.39 Å². The Morgan fingerprint density at radius 2 is 1.86 bits per heavy atom. The van der Waals surface area contributed by atoms with Crippen LogP contribution in [0.4, 0.5) is 13.2 Å². The zero-order valence-corrected chi connectivity index (χ0v) is 15.7. The minimum atomic E-state index is -1.00. The summed E-state index contributed by atoms with van der Waals surface area (Å²) in [4.78, 5) is 0. The second kappa shape index (κ2) is 9.15. The van der Waals surface area contributed by atoms with E-state index in [1.165, 1.54) is 24.3 Å². The first-order valence-corrected chi connectivity index (χ1v) is 9.21. The van der Waals surface area contributed by atoms with E-state index in [0.717, 1.165) is 5.56 Å². The standard InChI is InChI=1S/C22H23F3O3/c1-3-10-26-20-9-7-17(21(24)22(20)25)15-5-6-16(27-12-15)13-28-19-8-4-14(2)11-18(19)23/h3-4,7-9,11,15-16H,1,5-6,10,12-13H2,2H3. The molecule has 3 rings (SSSR count). The number of benzene rings is 2. The molecular weight excluding hydrogens is 369 g/mol. The predicted octanol–water partition coefficient (Wildman–Crippen LogP) is 5.32. The summed E-state index contributed by atoms with van der Waals surface area (Å²) in [5.74, 6) is -2.53. The van der Waals surface area contributed by atoms with Crippen LogP contribution in [0.15, 0.2) is 43.0 Å². The van der Waals surface area contributed by atoms with Crippen molar-refractivity contribution < 1.29 is 27.4 Å². The number of hydrogen-bond donors (Lipinski definition) is 0. The fraction of sp³-hybridized carbons (Fsp3) is 0.364. The molecule has 1 aliphatic heterocycles. The first kappa shape index (κ1) is 20.3. The van der Waals surface area contributed by atoms with Crippen LogP contribution in [0.3, 0.4) is 0 Å². The first-order valence-electron chi connectivity index (χ1n) is 9.21. The van der Waals surface area contributed by atoms with Gasteiger partial charge in [-0.15, -0.1) is 0 Å². The molecule has 6 heteroatoms. The zero-order chi connectivity index (χ0) is 20.1. The van der Waals surface area contributed by atoms with E-state index in [9.17, 15) is 13.2 Å². The van der Waals surface area contributed by atoms with Crippen molar-refractivity contribution in [3.8, 4) is 11.5 Å². The van der Waals surface area contributed by atoms with Crippen LogP contribution in [0.1, 0.15) is 29.9 Å². The normalized spacial score (nSPS) is 19.3. The molecule has 150 valence electrons. The van der Waals surface area contributed by atoms with Crippen molar-refractivity contribution in [3.63, 3.8) is 0 Å². The van der Waals surface area contributed by atoms with Crippen LogP contribution in [-0.4, -0.2) is 25.9 Å². The van der Waals surface area contributed by atoms with Gasteiger partial charge in [0.1, 0.15) is 13.2 Å². The van der Waals surface area contributed by atoms with Gasteiger partial charge in [0, 0.05) is 5.92 Å². The Labute approximate surface area is 162 Å². The van der Waals surface area contributed by atoms with Gasteiger partial charge in [-0.3, -0.25) is 0 Å². The van der Waals surface area contributed by atoms with Gasteiger partial charge in [0.2, 0.25) is 5.82 Å². The van der Waals surface area contributed by atoms with Gasteiger partial charge in [-0.05, 0) is 49.1 Å². The largest absolute Gasteiger partial charge is 0.488 e. The summed E-state index contributed by atoms with van der Waals surface area (Å²) in [5, 5.41) is 0. The number of aryl methyl sites for hydroxylation is 1. The lowest BCUT2D eigenvalue weighted by atomic mass is 9.91. The maximum absolute atomic E-state index is 14.4. The Bertz CT molecular complexity index is 830. The molecule has 0 amide bonds. The molecule has 0 spiro atoms. The molecule has 2 unspecified atom stereocenters. The van der Waals surface area contributed by atoms with E-state index in [-0.39, 0.29) is 48.9 Å². The molecule has 0 aliphatic carbocycles. The smallest absolute Gasteiger partial charge is 0.200 e. The summed E-state index contributed by atoms with van der Waals surface area (Å²) < 4.78 is 58.8. The maximum Gasteiger partial charge on any atom is 0.200 e. The predicted molar refractivity (Wildman–Crippen MR) is 100 cm³/mol. The van der Waals surface area contributed by atoms with Crippen LogP contribution in [0.2, 0.25) is 0 Å². The van der Waals surface area contributed by atoms with Crippen molar-refractivity contribution in [2.75, 3.05) is 19.8 Å². The lowest BCUT2D eigenvalue weighted by molar-refractivity contribution is -0.0224. The van der Waals surface area contributed by atoms with Crippen LogP contribution in [0.25, 0.3) is 0 Å². The maximum atomic E-state index is 14.4. The van der Waals surface area contributed by atoms with E-state index in [0.29, 0.717) is 12.8 Å². The Kier molecular flexibility index (Phi) is 6.62. The van der Waals surface area contributed by atoms with Crippen molar-refractivity contribution in [3.05, 3.63) is 71.6 Å². The molecule has 1 aliphatic rings. The van der Waals surface area contributed by atoms with Crippen LogP contribution < -0.4 is 9.47 Å². The highest BCUT2D eigenvalue weighted by Gasteiger charge is 2.27. The molecule has 1 saturated heterocycles. The third-order valence-electron chi connectivity index (χ3n) is 4.76. The van der Waals surface area contributed by atoms with E-state index in [1.807, 2.05) is 0 Å². The molecule has 0 aromatic heterocycles. The SMILES string of the molecule is C=CCOc1ccc(C2CCC(COc3ccc(C)cc3F)OC2)c(F)c1F. The summed E-state index contributed by atoms with van der Waals surface area (Å²) in [5.41, 5.74) is 1.09. The number of halogens is 3. The second-order valence-corrected chi connectivity index (χ2v) is 6.86. The van der Waals surface area contributed by atoms with Crippen LogP contribution >= 0.6 is 0 Å². The lowest BCUT2D eigenvalue weighted by Gasteiger charge is -2.29. The quantitative estimate of drug-likeness (QED) is 0.597. The summed E-state index contributed by atoms with van der Waals surface area (Å²) in [7, 11) is 0. The van der Waals surface area contributed by atoms with Crippen molar-refractivity contribution in [2.45, 2.75) is 31.8 Å². The van der Waals surface area contributed by atoms with Gasteiger partial charge in [-0.25, -0.2) is 8.78 Å². The van der Waals surface area contributed by atoms with Crippen molar-refractivity contribution in [1.29, 1.82) is 0 Å². The Hall–Kier alpha value is -2.47. The molecule has 0 N–H and O–H groups in total. The average Bonchev–Trinajstić information content (AvgIpc) is 2.69. The van der Waals surface area contributed by atoms with Gasteiger partial charge in [0.05, 0.1) is 12.7 Å². The van der Waals surface area contributed by atoms with Crippen LogP contribution in [0, 0.1) is 24.4 Å². The van der Waals surface area contributed by atoms with Gasteiger partial charge in [-0.1, -0.05) is 24.8 Å². The van der Waals surface area contributed by atoms with Crippen molar-refractivity contribution in [2.24, 2.45) is 0 Å². The molecule has 2 aromatic carbocycles. The monoisotopic (exact) mass is 392 g/mol. The fourth-order valence-corrected chi connectivity index (χ4v) is 3.21. The van der Waals surface area contributed by atoms with Gasteiger partial charge >= 0.3 is 0 Å². The Morgan fingerprint density at radius 1 is 1.07 bits per heavy atom. The zero-order valence-electron chi connectivity index (χ0n) is 15.7. The third kappa shape index (κ3) is 4.68. The summed E-state index contributed by atoms with van der Waals surface area (Å²) in [6.07, 6.45) is 2.46. The Morgan fingerprint density at radius 3 is 2.54 bits per heavy atom. The highest BCUT2D eigenvalue weighted by Crippen LogP contribution is 2.33. The van der Waals surface area contributed by atoms with E-state index in [4.69, 9.17) is 14.2 Å². The number of rotatable bonds is 7. The summed E-state index contributed by atoms with van der Waals surface area (Å²) in [6.45, 7) is 5.84. The third-order valence-corrected chi connectivity index (χ3v) is 4.76. The highest BCUT2D eigenvalue weighted by atomic mass is 19.2. The van der Waals surface area contributed by atoms with E-state index in [1.54, 1.807) is 19.1 Å². The van der Waals surface area contributed by atoms with E-state index >= 15 is 0 Å². The van der Waals surface area contributed by atoms with Crippen molar-refractivity contribution >= 4 is 0 Å². The molecule has 2 aromatic rings. The minimum Gasteiger partial charge on any atom is -0.488 e. The highest BCUT2D eigenvalue weighted by molar-refractivity contribution is 5.33. The number of ether oxygens (including phenoxy) is 3. The lowest BCUT2D eigenvalue weighted by Crippen LogP contribution is -2.30. The molecule has 1 heterocycles. The first-order chi connectivity index (χ1) is 13.5. The summed E-state index contributed by atoms with van der Waals surface area (Å²) >= 11 is 0. The Balaban J connectivity index is 1.56. The second-order valence-electron chi connectivity index (χ2n) is 6.86. The summed E-state index contributed by atoms with van der Waals surface area (Å²) in [6, 6.07) is 7.73. The molecule has 2 atom stereocenters. The molecular formula is C22H23F3O3. The van der Waals surface area contributed by atoms with E-state index in [2.05, 4.69) is 6.58 Å². The molecule has 0 bridgehead atoms. The van der Waals surface area contributed by atoms with Gasteiger partial charge < -0.3 is 14.2 Å². The number of hydrogen-bond acceptors (Lipinski definition) is 3. The topological polar surface area (TPSA) is 27.7 Å². The fourth-order valence-electron chi connectivity index (χ4n) is 3.21. The van der Waals surface area contributed by atoms with Gasteiger partial charge in [0.15, 0.2) is 23.1 Å². The van der Waals surface area contributed by atoms with Gasteiger partial charge in [0.25, 0.3) is 0 Å². The average molecular weight is 392 g/mol. The molecule has 3 nitrogen and oxygen atoms in total. The van der Waals surface area contributed by atoms with Crippen molar-refractivity contribution in [1.82, 2.24) is 0 Å². The van der Waals surface area contributed by atoms with Crippen LogP contribution in [-0.2, 0) is 4.74 Å². The molecule has 1 fully saturated rings. The molecule has 0 saturated carbocycles.